The van der Waals surface area contributed by atoms with Crippen molar-refractivity contribution >= 4 is 62.8 Å². The summed E-state index contributed by atoms with van der Waals surface area (Å²) in [4.78, 5) is 8.62. The topological polar surface area (TPSA) is 104 Å². The first-order valence-corrected chi connectivity index (χ1v) is 12.9. The summed E-state index contributed by atoms with van der Waals surface area (Å²) in [7, 11) is 0. The molecule has 12 heteroatoms. The molecule has 5 rings (SSSR count). The van der Waals surface area contributed by atoms with Gasteiger partial charge in [0.15, 0.2) is 0 Å². The van der Waals surface area contributed by atoms with Gasteiger partial charge >= 0.3 is 0 Å². The molecule has 0 aliphatic carbocycles. The van der Waals surface area contributed by atoms with Gasteiger partial charge in [-0.2, -0.15) is 5.26 Å². The van der Waals surface area contributed by atoms with Gasteiger partial charge in [-0.25, -0.2) is 14.1 Å². The highest BCUT2D eigenvalue weighted by molar-refractivity contribution is 6.36. The third-order valence-corrected chi connectivity index (χ3v) is 6.89. The Labute approximate surface area is 238 Å². The van der Waals surface area contributed by atoms with E-state index >= 15 is 0 Å². The fraction of sp³-hybridized carbons (Fsp3) is 0.148. The molecule has 1 unspecified atom stereocenters. The van der Waals surface area contributed by atoms with Gasteiger partial charge in [0.25, 0.3) is 0 Å². The highest BCUT2D eigenvalue weighted by atomic mass is 35.5. The summed E-state index contributed by atoms with van der Waals surface area (Å²) in [5, 5.41) is 26.2. The molecule has 1 atom stereocenters. The van der Waals surface area contributed by atoms with Gasteiger partial charge in [-0.1, -0.05) is 46.1 Å². The summed E-state index contributed by atoms with van der Waals surface area (Å²) >= 11 is 19.1. The molecule has 0 bridgehead atoms. The summed E-state index contributed by atoms with van der Waals surface area (Å²) in [6.07, 6.45) is 4.88. The Bertz CT molecular complexity index is 1730. The Morgan fingerprint density at radius 2 is 1.82 bits per heavy atom. The number of aromatic nitrogens is 5. The van der Waals surface area contributed by atoms with Crippen molar-refractivity contribution in [2.45, 2.75) is 25.9 Å². The first-order valence-electron chi connectivity index (χ1n) is 11.8. The van der Waals surface area contributed by atoms with Gasteiger partial charge in [-0.05, 0) is 50.2 Å². The first kappa shape index (κ1) is 26.6. The van der Waals surface area contributed by atoms with E-state index in [1.165, 1.54) is 24.4 Å². The highest BCUT2D eigenvalue weighted by Gasteiger charge is 2.23. The van der Waals surface area contributed by atoms with Crippen LogP contribution in [0.3, 0.4) is 0 Å². The van der Waals surface area contributed by atoms with Crippen LogP contribution in [0.2, 0.25) is 15.2 Å². The van der Waals surface area contributed by atoms with Gasteiger partial charge in [-0.3, -0.25) is 4.98 Å². The summed E-state index contributed by atoms with van der Waals surface area (Å²) < 4.78 is 15.5. The van der Waals surface area contributed by atoms with Crippen LogP contribution in [0.4, 0.5) is 21.5 Å². The minimum atomic E-state index is -0.550. The third-order valence-electron chi connectivity index (χ3n) is 6.00. The standard InChI is InChI=1S/C27H20Cl3FN8/c1-14(2)39-13-23(37-38-39)26(18-4-3-7-33-27(18)30)36-17-8-19-24(35-16-5-6-22(31)20(28)9-16)15(11-32)12-34-25(19)21(29)10-17/h3-10,12-14,26,36H,1-2H3,(H,34,35). The Morgan fingerprint density at radius 1 is 1.03 bits per heavy atom. The largest absolute Gasteiger partial charge is 0.373 e. The molecule has 0 amide bonds. The Morgan fingerprint density at radius 3 is 2.51 bits per heavy atom. The van der Waals surface area contributed by atoms with Gasteiger partial charge in [0.1, 0.15) is 28.8 Å². The van der Waals surface area contributed by atoms with E-state index in [1.807, 2.05) is 32.2 Å². The number of halogens is 4. The van der Waals surface area contributed by atoms with Crippen LogP contribution in [0.25, 0.3) is 10.9 Å². The quantitative estimate of drug-likeness (QED) is 0.190. The lowest BCUT2D eigenvalue weighted by Gasteiger charge is -2.20. The van der Waals surface area contributed by atoms with E-state index in [0.717, 1.165) is 0 Å². The van der Waals surface area contributed by atoms with Crippen LogP contribution in [0, 0.1) is 17.1 Å². The van der Waals surface area contributed by atoms with Crippen LogP contribution in [-0.4, -0.2) is 25.0 Å². The molecule has 0 radical (unpaired) electrons. The number of rotatable bonds is 7. The van der Waals surface area contributed by atoms with Crippen LogP contribution in [0.5, 0.6) is 0 Å². The number of nitrogens with zero attached hydrogens (tertiary/aromatic N) is 6. The lowest BCUT2D eigenvalue weighted by atomic mass is 10.0. The van der Waals surface area contributed by atoms with Crippen molar-refractivity contribution < 1.29 is 4.39 Å². The Balaban J connectivity index is 1.63. The number of pyridine rings is 2. The molecule has 0 saturated carbocycles. The van der Waals surface area contributed by atoms with Crippen LogP contribution in [0.1, 0.15) is 42.8 Å². The summed E-state index contributed by atoms with van der Waals surface area (Å²) in [6.45, 7) is 4.01. The molecule has 8 nitrogen and oxygen atoms in total. The van der Waals surface area contributed by atoms with Crippen LogP contribution >= 0.6 is 34.8 Å². The number of hydrogen-bond donors (Lipinski definition) is 2. The number of anilines is 3. The third kappa shape index (κ3) is 5.45. The average molecular weight is 582 g/mol. The molecule has 2 aromatic carbocycles. The Kier molecular flexibility index (Phi) is 7.53. The lowest BCUT2D eigenvalue weighted by molar-refractivity contribution is 0.514. The van der Waals surface area contributed by atoms with Crippen molar-refractivity contribution in [2.24, 2.45) is 0 Å². The van der Waals surface area contributed by atoms with E-state index in [-0.39, 0.29) is 16.6 Å². The number of nitriles is 1. The maximum absolute atomic E-state index is 13.7. The molecule has 0 aliphatic rings. The average Bonchev–Trinajstić information content (AvgIpc) is 3.41. The van der Waals surface area contributed by atoms with Crippen molar-refractivity contribution in [3.63, 3.8) is 0 Å². The van der Waals surface area contributed by atoms with Gasteiger partial charge < -0.3 is 10.6 Å². The second-order valence-electron chi connectivity index (χ2n) is 8.94. The minimum Gasteiger partial charge on any atom is -0.373 e. The van der Waals surface area contributed by atoms with Crippen molar-refractivity contribution in [1.29, 1.82) is 5.26 Å². The SMILES string of the molecule is CC(C)n1cc(C(Nc2cc(Cl)c3ncc(C#N)c(Nc4ccc(F)c(Cl)c4)c3c2)c2cccnc2Cl)nn1. The Hall–Kier alpha value is -3.97. The molecular formula is C27H20Cl3FN8. The van der Waals surface area contributed by atoms with E-state index in [1.54, 1.807) is 23.0 Å². The van der Waals surface area contributed by atoms with Crippen LogP contribution in [0.15, 0.2) is 61.1 Å². The van der Waals surface area contributed by atoms with Crippen molar-refractivity contribution in [3.05, 3.63) is 98.9 Å². The normalized spacial score (nSPS) is 11.9. The zero-order valence-corrected chi connectivity index (χ0v) is 22.9. The number of hydrogen-bond acceptors (Lipinski definition) is 7. The second-order valence-corrected chi connectivity index (χ2v) is 10.1. The molecule has 0 fully saturated rings. The fourth-order valence-electron chi connectivity index (χ4n) is 4.05. The van der Waals surface area contributed by atoms with E-state index in [9.17, 15) is 9.65 Å². The number of nitrogens with one attached hydrogen (secondary N) is 2. The van der Waals surface area contributed by atoms with Gasteiger partial charge in [0.05, 0.1) is 33.0 Å². The van der Waals surface area contributed by atoms with E-state index in [0.29, 0.717) is 49.4 Å². The predicted molar refractivity (Wildman–Crippen MR) is 151 cm³/mol. The second kappa shape index (κ2) is 11.0. The summed E-state index contributed by atoms with van der Waals surface area (Å²) in [6, 6.07) is 13.1. The number of benzene rings is 2. The van der Waals surface area contributed by atoms with Crippen molar-refractivity contribution in [2.75, 3.05) is 10.6 Å². The molecule has 3 aromatic heterocycles. The summed E-state index contributed by atoms with van der Waals surface area (Å²) in [5.41, 5.74) is 3.59. The molecule has 3 heterocycles. The molecule has 2 N–H and O–H groups in total. The predicted octanol–water partition coefficient (Wildman–Crippen LogP) is 7.72. The fourth-order valence-corrected chi connectivity index (χ4v) is 4.72. The highest BCUT2D eigenvalue weighted by Crippen LogP contribution is 2.37. The minimum absolute atomic E-state index is 0.0529. The maximum atomic E-state index is 13.7. The monoisotopic (exact) mass is 580 g/mol. The van der Waals surface area contributed by atoms with Crippen molar-refractivity contribution in [3.8, 4) is 6.07 Å². The first-order chi connectivity index (χ1) is 18.7. The molecule has 5 aromatic rings. The smallest absolute Gasteiger partial charge is 0.141 e. The molecule has 39 heavy (non-hydrogen) atoms. The van der Waals surface area contributed by atoms with Gasteiger partial charge in [0.2, 0.25) is 0 Å². The molecule has 0 saturated heterocycles. The van der Waals surface area contributed by atoms with Crippen LogP contribution in [-0.2, 0) is 0 Å². The zero-order valence-electron chi connectivity index (χ0n) is 20.6. The summed E-state index contributed by atoms with van der Waals surface area (Å²) in [5.74, 6) is -0.550. The van der Waals surface area contributed by atoms with E-state index < -0.39 is 11.9 Å². The van der Waals surface area contributed by atoms with Crippen LogP contribution < -0.4 is 10.6 Å². The lowest BCUT2D eigenvalue weighted by Crippen LogP contribution is -2.14. The molecular weight excluding hydrogens is 562 g/mol. The maximum Gasteiger partial charge on any atom is 0.141 e. The van der Waals surface area contributed by atoms with Crippen molar-refractivity contribution in [1.82, 2.24) is 25.0 Å². The molecule has 0 aliphatic heterocycles. The number of fused-ring (bicyclic) bond motifs is 1. The van der Waals surface area contributed by atoms with E-state index in [4.69, 9.17) is 34.8 Å². The zero-order chi connectivity index (χ0) is 27.7. The van der Waals surface area contributed by atoms with E-state index in [2.05, 4.69) is 37.0 Å². The molecule has 0 spiro atoms. The van der Waals surface area contributed by atoms with Gasteiger partial charge in [-0.15, -0.1) is 5.10 Å². The molecule has 196 valence electrons. The van der Waals surface area contributed by atoms with Gasteiger partial charge in [0, 0.05) is 40.8 Å².